The summed E-state index contributed by atoms with van der Waals surface area (Å²) in [6.45, 7) is 0. The molecule has 2 aromatic rings. The Kier molecular flexibility index (Phi) is 5.17. The van der Waals surface area contributed by atoms with Crippen LogP contribution >= 0.6 is 23.8 Å². The van der Waals surface area contributed by atoms with Crippen LogP contribution in [0.4, 0.5) is 5.69 Å². The number of aliphatic hydroxyl groups is 1. The number of rotatable bonds is 3. The van der Waals surface area contributed by atoms with Gasteiger partial charge >= 0.3 is 0 Å². The number of hydrogen-bond acceptors (Lipinski definition) is 2. The molecule has 1 unspecified atom stereocenters. The number of aliphatic hydroxyl groups excluding tert-OH is 1. The van der Waals surface area contributed by atoms with Crippen LogP contribution in [-0.4, -0.2) is 29.2 Å². The van der Waals surface area contributed by atoms with E-state index in [4.69, 9.17) is 23.8 Å². The van der Waals surface area contributed by atoms with E-state index in [1.807, 2.05) is 50.5 Å². The van der Waals surface area contributed by atoms with Crippen molar-refractivity contribution >= 4 is 34.6 Å². The number of nitrogens with one attached hydrogen (secondary N) is 1. The third kappa shape index (κ3) is 3.94. The zero-order valence-electron chi connectivity index (χ0n) is 11.9. The lowest BCUT2D eigenvalue weighted by molar-refractivity contribution is 0.221. The highest BCUT2D eigenvalue weighted by atomic mass is 35.5. The monoisotopic (exact) mass is 320 g/mol. The molecule has 2 N–H and O–H groups in total. The first kappa shape index (κ1) is 15.8. The molecule has 0 aromatic heterocycles. The normalized spacial score (nSPS) is 11.8. The minimum absolute atomic E-state index is 0.589. The first-order valence-corrected chi connectivity index (χ1v) is 7.28. The van der Waals surface area contributed by atoms with Gasteiger partial charge in [-0.2, -0.15) is 0 Å². The van der Waals surface area contributed by atoms with Gasteiger partial charge in [0.25, 0.3) is 0 Å². The van der Waals surface area contributed by atoms with E-state index in [0.717, 1.165) is 16.8 Å². The van der Waals surface area contributed by atoms with Gasteiger partial charge in [-0.15, -0.1) is 0 Å². The molecule has 0 spiro atoms. The molecular formula is C16H17ClN2OS. The maximum atomic E-state index is 10.6. The van der Waals surface area contributed by atoms with Gasteiger partial charge in [0.2, 0.25) is 0 Å². The summed E-state index contributed by atoms with van der Waals surface area (Å²) in [6.07, 6.45) is -0.740. The van der Waals surface area contributed by atoms with E-state index < -0.39 is 6.10 Å². The Labute approximate surface area is 135 Å². The molecule has 0 radical (unpaired) electrons. The summed E-state index contributed by atoms with van der Waals surface area (Å²) in [5, 5.41) is 15.0. The summed E-state index contributed by atoms with van der Waals surface area (Å²) in [6, 6.07) is 14.7. The van der Waals surface area contributed by atoms with Crippen molar-refractivity contribution in [2.45, 2.75) is 6.10 Å². The van der Waals surface area contributed by atoms with Crippen molar-refractivity contribution in [3.63, 3.8) is 0 Å². The summed E-state index contributed by atoms with van der Waals surface area (Å²) in [7, 11) is 3.74. The van der Waals surface area contributed by atoms with Crippen LogP contribution in [-0.2, 0) is 0 Å². The second kappa shape index (κ2) is 6.89. The molecule has 0 saturated carbocycles. The maximum absolute atomic E-state index is 10.6. The van der Waals surface area contributed by atoms with E-state index in [1.165, 1.54) is 0 Å². The van der Waals surface area contributed by atoms with Crippen LogP contribution in [0.25, 0.3) is 0 Å². The van der Waals surface area contributed by atoms with E-state index >= 15 is 0 Å². The van der Waals surface area contributed by atoms with Crippen LogP contribution in [0.2, 0.25) is 5.02 Å². The number of hydrogen-bond donors (Lipinski definition) is 2. The SMILES string of the molecule is CN(C)C(=S)Nc1ccccc1C(O)c1ccc(Cl)cc1. The minimum atomic E-state index is -0.740. The Balaban J connectivity index is 2.30. The lowest BCUT2D eigenvalue weighted by Gasteiger charge is -2.20. The van der Waals surface area contributed by atoms with Gasteiger partial charge in [-0.25, -0.2) is 0 Å². The fourth-order valence-corrected chi connectivity index (χ4v) is 2.14. The van der Waals surface area contributed by atoms with Gasteiger partial charge in [-0.1, -0.05) is 41.9 Å². The molecule has 2 rings (SSSR count). The number of anilines is 1. The van der Waals surface area contributed by atoms with Crippen LogP contribution < -0.4 is 5.32 Å². The largest absolute Gasteiger partial charge is 0.384 e. The average Bonchev–Trinajstić information content (AvgIpc) is 2.47. The molecule has 1 atom stereocenters. The molecule has 0 bridgehead atoms. The van der Waals surface area contributed by atoms with Gasteiger partial charge in [0.1, 0.15) is 6.10 Å². The molecule has 0 aliphatic heterocycles. The van der Waals surface area contributed by atoms with Crippen LogP contribution in [0.5, 0.6) is 0 Å². The fourth-order valence-electron chi connectivity index (χ4n) is 1.90. The third-order valence-electron chi connectivity index (χ3n) is 3.09. The van der Waals surface area contributed by atoms with E-state index in [0.29, 0.717) is 10.1 Å². The van der Waals surface area contributed by atoms with Crippen molar-refractivity contribution in [1.29, 1.82) is 0 Å². The van der Waals surface area contributed by atoms with Crippen LogP contribution in [0.1, 0.15) is 17.2 Å². The number of para-hydroxylation sites is 1. The zero-order chi connectivity index (χ0) is 15.4. The molecule has 2 aromatic carbocycles. The molecule has 5 heteroatoms. The molecule has 0 aliphatic carbocycles. The lowest BCUT2D eigenvalue weighted by atomic mass is 10.00. The van der Waals surface area contributed by atoms with Gasteiger partial charge in [0.15, 0.2) is 5.11 Å². The van der Waals surface area contributed by atoms with Gasteiger partial charge in [-0.3, -0.25) is 0 Å². The van der Waals surface area contributed by atoms with Crippen LogP contribution in [0.15, 0.2) is 48.5 Å². The summed E-state index contributed by atoms with van der Waals surface area (Å²) in [4.78, 5) is 1.81. The molecule has 3 nitrogen and oxygen atoms in total. The molecular weight excluding hydrogens is 304 g/mol. The van der Waals surface area contributed by atoms with Crippen LogP contribution in [0, 0.1) is 0 Å². The van der Waals surface area contributed by atoms with E-state index in [1.54, 1.807) is 17.0 Å². The number of halogens is 1. The first-order valence-electron chi connectivity index (χ1n) is 6.50. The molecule has 110 valence electrons. The molecule has 21 heavy (non-hydrogen) atoms. The Hall–Kier alpha value is -1.62. The van der Waals surface area contributed by atoms with E-state index in [2.05, 4.69) is 5.32 Å². The Morgan fingerprint density at radius 2 is 1.76 bits per heavy atom. The standard InChI is InChI=1S/C16H17ClN2OS/c1-19(2)16(21)18-14-6-4-3-5-13(14)15(20)11-7-9-12(17)10-8-11/h3-10,15,20H,1-2H3,(H,18,21). The predicted octanol–water partition coefficient (Wildman–Crippen LogP) is 3.68. The number of nitrogens with zero attached hydrogens (tertiary/aromatic N) is 1. The summed E-state index contributed by atoms with van der Waals surface area (Å²) in [5.41, 5.74) is 2.34. The average molecular weight is 321 g/mol. The number of thiocarbonyl (C=S) groups is 1. The summed E-state index contributed by atoms with van der Waals surface area (Å²) < 4.78 is 0. The highest BCUT2D eigenvalue weighted by molar-refractivity contribution is 7.80. The van der Waals surface area contributed by atoms with Gasteiger partial charge in [0, 0.05) is 30.4 Å². The van der Waals surface area contributed by atoms with Gasteiger partial charge < -0.3 is 15.3 Å². The lowest BCUT2D eigenvalue weighted by Crippen LogP contribution is -2.27. The first-order chi connectivity index (χ1) is 9.99. The van der Waals surface area contributed by atoms with E-state index in [9.17, 15) is 5.11 Å². The summed E-state index contributed by atoms with van der Waals surface area (Å²) >= 11 is 11.1. The molecule has 0 saturated heterocycles. The smallest absolute Gasteiger partial charge is 0.172 e. The second-order valence-electron chi connectivity index (χ2n) is 4.87. The molecule has 0 aliphatic rings. The maximum Gasteiger partial charge on any atom is 0.172 e. The highest BCUT2D eigenvalue weighted by Crippen LogP contribution is 2.29. The predicted molar refractivity (Wildman–Crippen MR) is 91.9 cm³/mol. The number of benzene rings is 2. The van der Waals surface area contributed by atoms with Crippen molar-refractivity contribution in [1.82, 2.24) is 4.90 Å². The molecule has 0 amide bonds. The Morgan fingerprint density at radius 3 is 2.38 bits per heavy atom. The van der Waals surface area contributed by atoms with E-state index in [-0.39, 0.29) is 0 Å². The third-order valence-corrected chi connectivity index (χ3v) is 3.81. The molecule has 0 heterocycles. The topological polar surface area (TPSA) is 35.5 Å². The summed E-state index contributed by atoms with van der Waals surface area (Å²) in [5.74, 6) is 0. The van der Waals surface area contributed by atoms with Crippen molar-refractivity contribution in [2.24, 2.45) is 0 Å². The van der Waals surface area contributed by atoms with Crippen molar-refractivity contribution in [2.75, 3.05) is 19.4 Å². The molecule has 0 fully saturated rings. The van der Waals surface area contributed by atoms with Crippen molar-refractivity contribution in [3.05, 3.63) is 64.7 Å². The Bertz CT molecular complexity index is 628. The second-order valence-corrected chi connectivity index (χ2v) is 5.69. The quantitative estimate of drug-likeness (QED) is 0.846. The van der Waals surface area contributed by atoms with Crippen LogP contribution in [0.3, 0.4) is 0 Å². The van der Waals surface area contributed by atoms with Crippen molar-refractivity contribution in [3.8, 4) is 0 Å². The van der Waals surface area contributed by atoms with Gasteiger partial charge in [-0.05, 0) is 36.0 Å². The fraction of sp³-hybridized carbons (Fsp3) is 0.188. The zero-order valence-corrected chi connectivity index (χ0v) is 13.4. The minimum Gasteiger partial charge on any atom is -0.384 e. The van der Waals surface area contributed by atoms with Gasteiger partial charge in [0.05, 0.1) is 0 Å². The van der Waals surface area contributed by atoms with Crippen molar-refractivity contribution < 1.29 is 5.11 Å². The highest BCUT2D eigenvalue weighted by Gasteiger charge is 2.15. The Morgan fingerprint density at radius 1 is 1.14 bits per heavy atom.